The molecule has 1 unspecified atom stereocenters. The van der Waals surface area contributed by atoms with Crippen LogP contribution < -0.4 is 10.1 Å². The van der Waals surface area contributed by atoms with Gasteiger partial charge in [-0.3, -0.25) is 0 Å². The van der Waals surface area contributed by atoms with E-state index in [1.54, 1.807) is 18.2 Å². The third kappa shape index (κ3) is 3.83. The molecule has 1 fully saturated rings. The molecule has 2 nitrogen and oxygen atoms in total. The molecule has 0 bridgehead atoms. The summed E-state index contributed by atoms with van der Waals surface area (Å²) in [4.78, 5) is 0. The lowest BCUT2D eigenvalue weighted by Crippen LogP contribution is -2.30. The maximum atomic E-state index is 13.9. The highest BCUT2D eigenvalue weighted by Gasteiger charge is 2.28. The van der Waals surface area contributed by atoms with Gasteiger partial charge in [0.25, 0.3) is 0 Å². The Morgan fingerprint density at radius 2 is 2.26 bits per heavy atom. The van der Waals surface area contributed by atoms with Crippen LogP contribution in [0.5, 0.6) is 5.75 Å². The molecule has 0 radical (unpaired) electrons. The maximum absolute atomic E-state index is 13.9. The van der Waals surface area contributed by atoms with Crippen LogP contribution in [0, 0.1) is 17.7 Å². The lowest BCUT2D eigenvalue weighted by atomic mass is 9.93. The Morgan fingerprint density at radius 1 is 1.47 bits per heavy atom. The molecule has 0 aliphatic carbocycles. The van der Waals surface area contributed by atoms with Gasteiger partial charge in [0.05, 0.1) is 5.02 Å². The molecule has 1 heterocycles. The molecule has 1 aromatic rings. The van der Waals surface area contributed by atoms with Gasteiger partial charge in [-0.25, -0.2) is 4.39 Å². The molecule has 2 rings (SSSR count). The Balaban J connectivity index is 2.12. The van der Waals surface area contributed by atoms with Crippen LogP contribution in [0.3, 0.4) is 0 Å². The monoisotopic (exact) mass is 285 g/mol. The van der Waals surface area contributed by atoms with E-state index < -0.39 is 5.82 Å². The zero-order valence-corrected chi connectivity index (χ0v) is 12.2. The first kappa shape index (κ1) is 14.6. The fraction of sp³-hybridized carbons (Fsp3) is 0.600. The molecule has 0 amide bonds. The minimum atomic E-state index is -0.455. The third-order valence-electron chi connectivity index (χ3n) is 3.52. The van der Waals surface area contributed by atoms with Crippen LogP contribution in [0.15, 0.2) is 18.2 Å². The van der Waals surface area contributed by atoms with Gasteiger partial charge in [-0.2, -0.15) is 0 Å². The highest BCUT2D eigenvalue weighted by molar-refractivity contribution is 6.30. The van der Waals surface area contributed by atoms with E-state index in [0.717, 1.165) is 25.9 Å². The number of nitrogens with one attached hydrogen (secondary N) is 1. The molecule has 0 saturated carbocycles. The molecule has 4 heteroatoms. The molecule has 1 aromatic carbocycles. The van der Waals surface area contributed by atoms with Crippen molar-refractivity contribution in [2.75, 3.05) is 13.1 Å². The standard InChI is InChI=1S/C15H21ClFNO/c1-10(2)8-14(11-6-7-18-9-11)19-13-5-3-4-12(16)15(13)17/h3-5,10-11,14,18H,6-9H2,1-2H3/t11?,14-/m0/s1. The minimum absolute atomic E-state index is 0.0444. The van der Waals surface area contributed by atoms with Gasteiger partial charge < -0.3 is 10.1 Å². The summed E-state index contributed by atoms with van der Waals surface area (Å²) >= 11 is 5.80. The van der Waals surface area contributed by atoms with Gasteiger partial charge >= 0.3 is 0 Å². The van der Waals surface area contributed by atoms with E-state index in [-0.39, 0.29) is 16.9 Å². The average molecular weight is 286 g/mol. The first-order valence-corrected chi connectivity index (χ1v) is 7.27. The van der Waals surface area contributed by atoms with Crippen LogP contribution in [0.1, 0.15) is 26.7 Å². The van der Waals surface area contributed by atoms with Crippen molar-refractivity contribution < 1.29 is 9.13 Å². The summed E-state index contributed by atoms with van der Waals surface area (Å²) in [7, 11) is 0. The normalized spacial score (nSPS) is 20.8. The molecular formula is C15H21ClFNO. The van der Waals surface area contributed by atoms with E-state index in [2.05, 4.69) is 19.2 Å². The number of rotatable bonds is 5. The van der Waals surface area contributed by atoms with Gasteiger partial charge in [0, 0.05) is 12.5 Å². The number of ether oxygens (including phenoxy) is 1. The lowest BCUT2D eigenvalue weighted by Gasteiger charge is -2.26. The van der Waals surface area contributed by atoms with E-state index in [4.69, 9.17) is 16.3 Å². The summed E-state index contributed by atoms with van der Waals surface area (Å²) in [5.41, 5.74) is 0. The summed E-state index contributed by atoms with van der Waals surface area (Å²) in [6, 6.07) is 4.91. The SMILES string of the molecule is CC(C)C[C@H](Oc1cccc(Cl)c1F)C1CCNC1. The van der Waals surface area contributed by atoms with Crippen molar-refractivity contribution in [1.29, 1.82) is 0 Å². The summed E-state index contributed by atoms with van der Waals surface area (Å²) < 4.78 is 19.8. The zero-order chi connectivity index (χ0) is 13.8. The third-order valence-corrected chi connectivity index (χ3v) is 3.81. The largest absolute Gasteiger partial charge is 0.487 e. The van der Waals surface area contributed by atoms with E-state index in [0.29, 0.717) is 11.8 Å². The second-order valence-electron chi connectivity index (χ2n) is 5.59. The molecule has 0 aromatic heterocycles. The van der Waals surface area contributed by atoms with Gasteiger partial charge in [0.15, 0.2) is 11.6 Å². The van der Waals surface area contributed by atoms with Gasteiger partial charge in [-0.1, -0.05) is 31.5 Å². The maximum Gasteiger partial charge on any atom is 0.183 e. The molecule has 0 spiro atoms. The first-order valence-electron chi connectivity index (χ1n) is 6.89. The number of hydrogen-bond acceptors (Lipinski definition) is 2. The minimum Gasteiger partial charge on any atom is -0.487 e. The Morgan fingerprint density at radius 3 is 2.89 bits per heavy atom. The Kier molecular flexibility index (Phi) is 5.06. The molecule has 1 saturated heterocycles. The van der Waals surface area contributed by atoms with Crippen LogP contribution in [-0.2, 0) is 0 Å². The van der Waals surface area contributed by atoms with Gasteiger partial charge in [0.2, 0.25) is 0 Å². The second-order valence-corrected chi connectivity index (χ2v) is 6.00. The molecule has 1 aliphatic rings. The Hall–Kier alpha value is -0.800. The van der Waals surface area contributed by atoms with Crippen molar-refractivity contribution >= 4 is 11.6 Å². The number of benzene rings is 1. The van der Waals surface area contributed by atoms with E-state index in [1.165, 1.54) is 0 Å². The predicted octanol–water partition coefficient (Wildman–Crippen LogP) is 3.88. The summed E-state index contributed by atoms with van der Waals surface area (Å²) in [6.07, 6.45) is 2.06. The first-order chi connectivity index (χ1) is 9.08. The lowest BCUT2D eigenvalue weighted by molar-refractivity contribution is 0.114. The van der Waals surface area contributed by atoms with Gasteiger partial charge in [0.1, 0.15) is 6.10 Å². The summed E-state index contributed by atoms with van der Waals surface area (Å²) in [5, 5.41) is 3.45. The Bertz CT molecular complexity index is 419. The topological polar surface area (TPSA) is 21.3 Å². The summed E-state index contributed by atoms with van der Waals surface area (Å²) in [5.74, 6) is 0.780. The van der Waals surface area contributed by atoms with Crippen LogP contribution in [0.4, 0.5) is 4.39 Å². The van der Waals surface area contributed by atoms with E-state index >= 15 is 0 Å². The molecule has 1 aliphatic heterocycles. The second kappa shape index (κ2) is 6.58. The average Bonchev–Trinajstić information content (AvgIpc) is 2.87. The van der Waals surface area contributed by atoms with Crippen molar-refractivity contribution in [3.8, 4) is 5.75 Å². The molecule has 19 heavy (non-hydrogen) atoms. The van der Waals surface area contributed by atoms with E-state index in [9.17, 15) is 4.39 Å². The zero-order valence-electron chi connectivity index (χ0n) is 11.5. The van der Waals surface area contributed by atoms with Crippen molar-refractivity contribution in [3.05, 3.63) is 29.0 Å². The smallest absolute Gasteiger partial charge is 0.183 e. The van der Waals surface area contributed by atoms with Crippen LogP contribution in [-0.4, -0.2) is 19.2 Å². The van der Waals surface area contributed by atoms with Crippen LogP contribution in [0.25, 0.3) is 0 Å². The van der Waals surface area contributed by atoms with Crippen molar-refractivity contribution in [2.45, 2.75) is 32.8 Å². The molecule has 1 N–H and O–H groups in total. The highest BCUT2D eigenvalue weighted by atomic mass is 35.5. The fourth-order valence-electron chi connectivity index (χ4n) is 2.53. The van der Waals surface area contributed by atoms with Crippen molar-refractivity contribution in [1.82, 2.24) is 5.32 Å². The fourth-order valence-corrected chi connectivity index (χ4v) is 2.70. The highest BCUT2D eigenvalue weighted by Crippen LogP contribution is 2.29. The van der Waals surface area contributed by atoms with Crippen molar-refractivity contribution in [3.63, 3.8) is 0 Å². The molecule has 106 valence electrons. The number of halogens is 2. The quantitative estimate of drug-likeness (QED) is 0.886. The number of hydrogen-bond donors (Lipinski definition) is 1. The van der Waals surface area contributed by atoms with Gasteiger partial charge in [-0.05, 0) is 37.4 Å². The summed E-state index contributed by atoms with van der Waals surface area (Å²) in [6.45, 7) is 6.28. The molecule has 2 atom stereocenters. The van der Waals surface area contributed by atoms with Gasteiger partial charge in [-0.15, -0.1) is 0 Å². The molecular weight excluding hydrogens is 265 g/mol. The Labute approximate surface area is 119 Å². The van der Waals surface area contributed by atoms with Crippen molar-refractivity contribution in [2.24, 2.45) is 11.8 Å². The van der Waals surface area contributed by atoms with Crippen LogP contribution >= 0.6 is 11.6 Å². The van der Waals surface area contributed by atoms with E-state index in [1.807, 2.05) is 0 Å². The predicted molar refractivity (Wildman–Crippen MR) is 76.3 cm³/mol. The van der Waals surface area contributed by atoms with Crippen LogP contribution in [0.2, 0.25) is 5.02 Å².